The molecule has 0 fully saturated rings. The molecule has 0 radical (unpaired) electrons. The van der Waals surface area contributed by atoms with Gasteiger partial charge in [0.15, 0.2) is 0 Å². The molecule has 0 rings (SSSR count). The van der Waals surface area contributed by atoms with Crippen molar-refractivity contribution in [3.63, 3.8) is 0 Å². The topological polar surface area (TPSA) is 37.3 Å². The Morgan fingerprint density at radius 2 is 2.00 bits per heavy atom. The van der Waals surface area contributed by atoms with Gasteiger partial charge < -0.3 is 5.11 Å². The quantitative estimate of drug-likeness (QED) is 0.662. The van der Waals surface area contributed by atoms with Crippen LogP contribution in [-0.4, -0.2) is 11.1 Å². The third kappa shape index (κ3) is 6.62. The first-order chi connectivity index (χ1) is 6.10. The summed E-state index contributed by atoms with van der Waals surface area (Å²) in [5, 5.41) is 8.60. The molecule has 2 unspecified atom stereocenters. The highest BCUT2D eigenvalue weighted by molar-refractivity contribution is 5.66. The third-order valence-electron chi connectivity index (χ3n) is 2.53. The fourth-order valence-corrected chi connectivity index (χ4v) is 1.85. The summed E-state index contributed by atoms with van der Waals surface area (Å²) in [7, 11) is 0. The molecular formula is C11H22O2. The zero-order chi connectivity index (χ0) is 10.3. The Kier molecular flexibility index (Phi) is 6.65. The van der Waals surface area contributed by atoms with Crippen molar-refractivity contribution in [1.29, 1.82) is 0 Å². The van der Waals surface area contributed by atoms with Crippen molar-refractivity contribution >= 4 is 5.97 Å². The van der Waals surface area contributed by atoms with Crippen LogP contribution in [0.5, 0.6) is 0 Å². The Hall–Kier alpha value is -0.530. The van der Waals surface area contributed by atoms with Crippen LogP contribution >= 0.6 is 0 Å². The highest BCUT2D eigenvalue weighted by Crippen LogP contribution is 2.22. The van der Waals surface area contributed by atoms with Crippen molar-refractivity contribution in [3.05, 3.63) is 0 Å². The summed E-state index contributed by atoms with van der Waals surface area (Å²) in [4.78, 5) is 10.4. The minimum atomic E-state index is -0.668. The molecule has 0 aromatic carbocycles. The monoisotopic (exact) mass is 186 g/mol. The van der Waals surface area contributed by atoms with E-state index in [4.69, 9.17) is 5.11 Å². The molecule has 0 spiro atoms. The summed E-state index contributed by atoms with van der Waals surface area (Å²) in [6, 6.07) is 0. The molecule has 0 saturated carbocycles. The van der Waals surface area contributed by atoms with Gasteiger partial charge >= 0.3 is 5.97 Å². The second-order valence-electron chi connectivity index (χ2n) is 4.00. The maximum absolute atomic E-state index is 10.4. The van der Waals surface area contributed by atoms with Gasteiger partial charge in [0, 0.05) is 6.42 Å². The zero-order valence-corrected chi connectivity index (χ0v) is 9.05. The average Bonchev–Trinajstić information content (AvgIpc) is 2.02. The van der Waals surface area contributed by atoms with Crippen LogP contribution in [0.15, 0.2) is 0 Å². The van der Waals surface area contributed by atoms with Crippen molar-refractivity contribution in [2.75, 3.05) is 0 Å². The van der Waals surface area contributed by atoms with Crippen LogP contribution in [0.4, 0.5) is 0 Å². The lowest BCUT2D eigenvalue weighted by Gasteiger charge is -2.17. The molecule has 0 aromatic heterocycles. The van der Waals surface area contributed by atoms with E-state index in [0.717, 1.165) is 12.3 Å². The molecule has 0 aliphatic carbocycles. The van der Waals surface area contributed by atoms with E-state index >= 15 is 0 Å². The van der Waals surface area contributed by atoms with E-state index in [1.165, 1.54) is 19.3 Å². The maximum atomic E-state index is 10.4. The van der Waals surface area contributed by atoms with Crippen LogP contribution in [-0.2, 0) is 4.79 Å². The largest absolute Gasteiger partial charge is 0.481 e. The van der Waals surface area contributed by atoms with E-state index in [2.05, 4.69) is 13.8 Å². The van der Waals surface area contributed by atoms with E-state index in [0.29, 0.717) is 12.3 Å². The SMILES string of the molecule is CCCC(CC)CC(C)CC(=O)O. The predicted octanol–water partition coefficient (Wildman–Crippen LogP) is 3.31. The van der Waals surface area contributed by atoms with Crippen LogP contribution < -0.4 is 0 Å². The van der Waals surface area contributed by atoms with E-state index in [-0.39, 0.29) is 0 Å². The Morgan fingerprint density at radius 3 is 2.38 bits per heavy atom. The Balaban J connectivity index is 3.72. The molecule has 0 aliphatic heterocycles. The number of rotatable bonds is 7. The van der Waals surface area contributed by atoms with Gasteiger partial charge in [-0.3, -0.25) is 4.79 Å². The minimum absolute atomic E-state index is 0.320. The lowest BCUT2D eigenvalue weighted by atomic mass is 9.89. The number of carbonyl (C=O) groups is 1. The van der Waals surface area contributed by atoms with Crippen molar-refractivity contribution in [2.24, 2.45) is 11.8 Å². The van der Waals surface area contributed by atoms with Crippen LogP contribution in [0, 0.1) is 11.8 Å². The van der Waals surface area contributed by atoms with Crippen LogP contribution in [0.1, 0.15) is 52.9 Å². The van der Waals surface area contributed by atoms with E-state index in [9.17, 15) is 4.79 Å². The molecule has 2 heteroatoms. The molecule has 13 heavy (non-hydrogen) atoms. The fraction of sp³-hybridized carbons (Fsp3) is 0.909. The first-order valence-corrected chi connectivity index (χ1v) is 5.31. The molecule has 0 heterocycles. The summed E-state index contributed by atoms with van der Waals surface area (Å²) < 4.78 is 0. The van der Waals surface area contributed by atoms with Crippen molar-refractivity contribution < 1.29 is 9.90 Å². The molecule has 0 saturated heterocycles. The van der Waals surface area contributed by atoms with Crippen molar-refractivity contribution in [3.8, 4) is 0 Å². The third-order valence-corrected chi connectivity index (χ3v) is 2.53. The standard InChI is InChI=1S/C11H22O2/c1-4-6-10(5-2)7-9(3)8-11(12)13/h9-10H,4-8H2,1-3H3,(H,12,13). The van der Waals surface area contributed by atoms with Gasteiger partial charge in [-0.15, -0.1) is 0 Å². The van der Waals surface area contributed by atoms with Gasteiger partial charge in [-0.25, -0.2) is 0 Å². The number of carboxylic acid groups (broad SMARTS) is 1. The van der Waals surface area contributed by atoms with Gasteiger partial charge in [-0.2, -0.15) is 0 Å². The second kappa shape index (κ2) is 6.93. The maximum Gasteiger partial charge on any atom is 0.303 e. The molecule has 78 valence electrons. The summed E-state index contributed by atoms with van der Waals surface area (Å²) in [5.41, 5.74) is 0. The predicted molar refractivity (Wildman–Crippen MR) is 54.7 cm³/mol. The molecule has 0 amide bonds. The summed E-state index contributed by atoms with van der Waals surface area (Å²) in [6.07, 6.45) is 5.01. The van der Waals surface area contributed by atoms with E-state index in [1.54, 1.807) is 0 Å². The molecule has 0 aliphatic rings. The zero-order valence-electron chi connectivity index (χ0n) is 9.05. The molecule has 1 N–H and O–H groups in total. The smallest absolute Gasteiger partial charge is 0.303 e. The summed E-state index contributed by atoms with van der Waals surface area (Å²) in [6.45, 7) is 6.41. The average molecular weight is 186 g/mol. The number of hydrogen-bond donors (Lipinski definition) is 1. The number of carboxylic acids is 1. The number of aliphatic carboxylic acids is 1. The van der Waals surface area contributed by atoms with Crippen LogP contribution in [0.2, 0.25) is 0 Å². The fourth-order valence-electron chi connectivity index (χ4n) is 1.85. The van der Waals surface area contributed by atoms with Crippen molar-refractivity contribution in [2.45, 2.75) is 52.9 Å². The molecule has 2 nitrogen and oxygen atoms in total. The number of hydrogen-bond acceptors (Lipinski definition) is 1. The Bertz CT molecular complexity index is 143. The van der Waals surface area contributed by atoms with Gasteiger partial charge in [0.1, 0.15) is 0 Å². The van der Waals surface area contributed by atoms with Gasteiger partial charge in [-0.1, -0.05) is 40.0 Å². The van der Waals surface area contributed by atoms with Crippen LogP contribution in [0.3, 0.4) is 0 Å². The molecule has 0 bridgehead atoms. The molecule has 0 aromatic rings. The van der Waals surface area contributed by atoms with E-state index in [1.807, 2.05) is 6.92 Å². The van der Waals surface area contributed by atoms with Crippen LogP contribution in [0.25, 0.3) is 0 Å². The van der Waals surface area contributed by atoms with Gasteiger partial charge in [0.25, 0.3) is 0 Å². The lowest BCUT2D eigenvalue weighted by molar-refractivity contribution is -0.138. The first kappa shape index (κ1) is 12.5. The van der Waals surface area contributed by atoms with Gasteiger partial charge in [0.05, 0.1) is 0 Å². The highest BCUT2D eigenvalue weighted by Gasteiger charge is 2.13. The first-order valence-electron chi connectivity index (χ1n) is 5.31. The van der Waals surface area contributed by atoms with Gasteiger partial charge in [-0.05, 0) is 18.3 Å². The van der Waals surface area contributed by atoms with Crippen molar-refractivity contribution in [1.82, 2.24) is 0 Å². The highest BCUT2D eigenvalue weighted by atomic mass is 16.4. The normalized spacial score (nSPS) is 15.3. The summed E-state index contributed by atoms with van der Waals surface area (Å²) >= 11 is 0. The Morgan fingerprint density at radius 1 is 1.38 bits per heavy atom. The van der Waals surface area contributed by atoms with E-state index < -0.39 is 5.97 Å². The lowest BCUT2D eigenvalue weighted by Crippen LogP contribution is -2.09. The summed E-state index contributed by atoms with van der Waals surface area (Å²) in [5.74, 6) is 0.382. The second-order valence-corrected chi connectivity index (χ2v) is 4.00. The molecule has 2 atom stereocenters. The Labute approximate surface area is 81.3 Å². The minimum Gasteiger partial charge on any atom is -0.481 e. The molecular weight excluding hydrogens is 164 g/mol. The van der Waals surface area contributed by atoms with Gasteiger partial charge in [0.2, 0.25) is 0 Å².